The zero-order valence-electron chi connectivity index (χ0n) is 19.4. The van der Waals surface area contributed by atoms with Crippen LogP contribution in [0.1, 0.15) is 18.1 Å². The number of guanidine groups is 1. The van der Waals surface area contributed by atoms with Crippen LogP contribution >= 0.6 is 24.0 Å². The fraction of sp³-hybridized carbons (Fsp3) is 0.591. The van der Waals surface area contributed by atoms with E-state index in [1.165, 1.54) is 0 Å². The molecule has 2 heterocycles. The van der Waals surface area contributed by atoms with Gasteiger partial charge in [-0.25, -0.2) is 4.99 Å². The molecular weight excluding hydrogens is 521 g/mol. The first kappa shape index (κ1) is 26.3. The van der Waals surface area contributed by atoms with Gasteiger partial charge in [-0.2, -0.15) is 0 Å². The normalized spacial score (nSPS) is 14.8. The second-order valence-electron chi connectivity index (χ2n) is 7.63. The van der Waals surface area contributed by atoms with Gasteiger partial charge in [0.25, 0.3) is 0 Å². The average molecular weight is 557 g/mol. The lowest BCUT2D eigenvalue weighted by Crippen LogP contribution is -2.53. The quantitative estimate of drug-likeness (QED) is 0.207. The molecule has 1 aromatic carbocycles. The maximum atomic E-state index is 5.84. The van der Waals surface area contributed by atoms with E-state index in [-0.39, 0.29) is 24.0 Å². The van der Waals surface area contributed by atoms with E-state index in [4.69, 9.17) is 14.5 Å². The van der Waals surface area contributed by atoms with Crippen LogP contribution in [0.4, 0.5) is 0 Å². The van der Waals surface area contributed by atoms with Crippen molar-refractivity contribution in [2.45, 2.75) is 19.9 Å². The van der Waals surface area contributed by atoms with Crippen LogP contribution in [0.5, 0.6) is 5.75 Å². The Morgan fingerprint density at radius 1 is 1.09 bits per heavy atom. The third-order valence-electron chi connectivity index (χ3n) is 5.45. The average Bonchev–Trinajstić information content (AvgIpc) is 3.12. The minimum atomic E-state index is 0. The van der Waals surface area contributed by atoms with E-state index >= 15 is 0 Å². The van der Waals surface area contributed by atoms with E-state index in [9.17, 15) is 0 Å². The summed E-state index contributed by atoms with van der Waals surface area (Å²) in [5.74, 6) is 3.61. The molecule has 1 aliphatic heterocycles. The van der Waals surface area contributed by atoms with E-state index in [1.54, 1.807) is 7.11 Å². The topological polar surface area (TPSA) is 80.0 Å². The van der Waals surface area contributed by atoms with E-state index < -0.39 is 0 Å². The van der Waals surface area contributed by atoms with E-state index in [0.29, 0.717) is 13.2 Å². The number of aryl methyl sites for hydroxylation is 1. The number of para-hydroxylation sites is 1. The van der Waals surface area contributed by atoms with Crippen LogP contribution < -0.4 is 10.1 Å². The largest absolute Gasteiger partial charge is 0.492 e. The van der Waals surface area contributed by atoms with Crippen molar-refractivity contribution in [3.63, 3.8) is 0 Å². The Hall–Kier alpha value is -1.92. The molecule has 10 heteroatoms. The van der Waals surface area contributed by atoms with E-state index in [0.717, 1.165) is 75.7 Å². The lowest BCUT2D eigenvalue weighted by Gasteiger charge is -2.36. The van der Waals surface area contributed by atoms with Gasteiger partial charge < -0.3 is 24.3 Å². The van der Waals surface area contributed by atoms with Crippen molar-refractivity contribution in [2.75, 3.05) is 59.6 Å². The number of hydrogen-bond donors (Lipinski definition) is 1. The number of piperazine rings is 1. The van der Waals surface area contributed by atoms with Crippen LogP contribution in [-0.2, 0) is 18.3 Å². The monoisotopic (exact) mass is 557 g/mol. The highest BCUT2D eigenvalue weighted by Crippen LogP contribution is 2.09. The number of nitrogens with one attached hydrogen (secondary N) is 1. The van der Waals surface area contributed by atoms with Crippen LogP contribution in [0.3, 0.4) is 0 Å². The smallest absolute Gasteiger partial charge is 0.194 e. The molecular formula is C22H36IN7O2. The van der Waals surface area contributed by atoms with Gasteiger partial charge in [-0.3, -0.25) is 4.90 Å². The van der Waals surface area contributed by atoms with Crippen molar-refractivity contribution in [1.82, 2.24) is 29.9 Å². The Balaban J connectivity index is 0.00000363. The predicted octanol–water partition coefficient (Wildman–Crippen LogP) is 1.92. The van der Waals surface area contributed by atoms with Crippen molar-refractivity contribution < 1.29 is 9.47 Å². The maximum Gasteiger partial charge on any atom is 0.194 e. The first-order valence-electron chi connectivity index (χ1n) is 10.9. The van der Waals surface area contributed by atoms with Gasteiger partial charge in [0, 0.05) is 60.0 Å². The Morgan fingerprint density at radius 2 is 1.84 bits per heavy atom. The number of hydrogen-bond acceptors (Lipinski definition) is 6. The summed E-state index contributed by atoms with van der Waals surface area (Å²) in [5.41, 5.74) is 0. The molecule has 1 aliphatic rings. The molecule has 1 fully saturated rings. The SMILES string of the molecule is COCCCNC(=NCc1nnc(C)n1C)N1CCN(CCOc2ccccc2)CC1.I. The van der Waals surface area contributed by atoms with Crippen molar-refractivity contribution in [2.24, 2.45) is 12.0 Å². The molecule has 2 aromatic rings. The fourth-order valence-electron chi connectivity index (χ4n) is 3.41. The van der Waals surface area contributed by atoms with Crippen LogP contribution in [0, 0.1) is 6.92 Å². The highest BCUT2D eigenvalue weighted by Gasteiger charge is 2.20. The third-order valence-corrected chi connectivity index (χ3v) is 5.45. The summed E-state index contributed by atoms with van der Waals surface area (Å²) in [6.07, 6.45) is 0.940. The molecule has 0 aliphatic carbocycles. The van der Waals surface area contributed by atoms with Gasteiger partial charge in [-0.05, 0) is 25.5 Å². The first-order chi connectivity index (χ1) is 15.2. The molecule has 1 aromatic heterocycles. The number of aromatic nitrogens is 3. The molecule has 1 saturated heterocycles. The molecule has 3 rings (SSSR count). The molecule has 9 nitrogen and oxygen atoms in total. The number of nitrogens with zero attached hydrogens (tertiary/aromatic N) is 6. The summed E-state index contributed by atoms with van der Waals surface area (Å²) >= 11 is 0. The van der Waals surface area contributed by atoms with Crippen LogP contribution in [0.25, 0.3) is 0 Å². The van der Waals surface area contributed by atoms with Gasteiger partial charge >= 0.3 is 0 Å². The fourth-order valence-corrected chi connectivity index (χ4v) is 3.41. The minimum absolute atomic E-state index is 0. The van der Waals surface area contributed by atoms with Crippen molar-refractivity contribution in [1.29, 1.82) is 0 Å². The van der Waals surface area contributed by atoms with Crippen molar-refractivity contribution in [3.05, 3.63) is 42.0 Å². The Morgan fingerprint density at radius 3 is 2.50 bits per heavy atom. The second-order valence-corrected chi connectivity index (χ2v) is 7.63. The Bertz CT molecular complexity index is 808. The van der Waals surface area contributed by atoms with Gasteiger partial charge in [0.15, 0.2) is 11.8 Å². The highest BCUT2D eigenvalue weighted by molar-refractivity contribution is 14.0. The molecule has 0 spiro atoms. The molecule has 0 bridgehead atoms. The number of methoxy groups -OCH3 is 1. The Kier molecular flexibility index (Phi) is 11.7. The standard InChI is InChI=1S/C22H35N7O2.HI/c1-19-25-26-21(27(19)2)18-24-22(23-10-7-16-30-3)29-13-11-28(12-14-29)15-17-31-20-8-5-4-6-9-20;/h4-6,8-9H,7,10-18H2,1-3H3,(H,23,24);1H. The summed E-state index contributed by atoms with van der Waals surface area (Å²) in [6.45, 7) is 9.48. The second kappa shape index (κ2) is 14.3. The number of aliphatic imine (C=N–C) groups is 1. The minimum Gasteiger partial charge on any atom is -0.492 e. The van der Waals surface area contributed by atoms with Gasteiger partial charge in [0.1, 0.15) is 24.7 Å². The van der Waals surface area contributed by atoms with Crippen molar-refractivity contribution >= 4 is 29.9 Å². The Labute approximate surface area is 208 Å². The van der Waals surface area contributed by atoms with E-state index in [1.807, 2.05) is 48.9 Å². The number of rotatable bonds is 10. The highest BCUT2D eigenvalue weighted by atomic mass is 127. The first-order valence-corrected chi connectivity index (χ1v) is 10.9. The summed E-state index contributed by atoms with van der Waals surface area (Å²) in [7, 11) is 3.70. The predicted molar refractivity (Wildman–Crippen MR) is 137 cm³/mol. The zero-order chi connectivity index (χ0) is 21.9. The lowest BCUT2D eigenvalue weighted by atomic mass is 10.3. The maximum absolute atomic E-state index is 5.84. The van der Waals surface area contributed by atoms with Crippen LogP contribution in [-0.4, -0.2) is 90.1 Å². The molecule has 0 atom stereocenters. The summed E-state index contributed by atoms with van der Waals surface area (Å²) in [6, 6.07) is 9.98. The van der Waals surface area contributed by atoms with Crippen LogP contribution in [0.15, 0.2) is 35.3 Å². The van der Waals surface area contributed by atoms with Gasteiger partial charge in [-0.15, -0.1) is 34.2 Å². The molecule has 1 N–H and O–H groups in total. The zero-order valence-corrected chi connectivity index (χ0v) is 21.7. The lowest BCUT2D eigenvalue weighted by molar-refractivity contribution is 0.151. The van der Waals surface area contributed by atoms with Gasteiger partial charge in [0.05, 0.1) is 0 Å². The third kappa shape index (κ3) is 8.21. The molecule has 0 saturated carbocycles. The summed E-state index contributed by atoms with van der Waals surface area (Å²) in [4.78, 5) is 9.60. The van der Waals surface area contributed by atoms with Gasteiger partial charge in [-0.1, -0.05) is 18.2 Å². The summed E-state index contributed by atoms with van der Waals surface area (Å²) < 4.78 is 13.0. The molecule has 0 radical (unpaired) electrons. The molecule has 32 heavy (non-hydrogen) atoms. The van der Waals surface area contributed by atoms with E-state index in [2.05, 4.69) is 25.3 Å². The number of ether oxygens (including phenoxy) is 2. The van der Waals surface area contributed by atoms with Crippen LogP contribution in [0.2, 0.25) is 0 Å². The van der Waals surface area contributed by atoms with Crippen molar-refractivity contribution in [3.8, 4) is 5.75 Å². The van der Waals surface area contributed by atoms with Gasteiger partial charge in [0.2, 0.25) is 0 Å². The molecule has 0 amide bonds. The number of halogens is 1. The molecule has 0 unspecified atom stereocenters. The summed E-state index contributed by atoms with van der Waals surface area (Å²) in [5, 5.41) is 11.9. The molecule has 178 valence electrons. The number of benzene rings is 1.